The Kier molecular flexibility index (Phi) is 3.71. The number of carbonyl (C=O) groups excluding carboxylic acids is 1. The molecule has 2 heterocycles. The molecule has 1 unspecified atom stereocenters. The first kappa shape index (κ1) is 13.7. The summed E-state index contributed by atoms with van der Waals surface area (Å²) in [6, 6.07) is 0.0649. The Morgan fingerprint density at radius 2 is 2.11 bits per heavy atom. The lowest BCUT2D eigenvalue weighted by molar-refractivity contribution is 0.0704. The number of nitrogens with zero attached hydrogens (tertiary/aromatic N) is 3. The smallest absolute Gasteiger partial charge is 0.271 e. The van der Waals surface area contributed by atoms with Gasteiger partial charge in [-0.05, 0) is 12.8 Å². The summed E-state index contributed by atoms with van der Waals surface area (Å²) in [5.41, 5.74) is -0.190. The summed E-state index contributed by atoms with van der Waals surface area (Å²) < 4.78 is 1.41. The second-order valence-corrected chi connectivity index (χ2v) is 5.81. The maximum absolute atomic E-state index is 12.4. The molecule has 6 heteroatoms. The van der Waals surface area contributed by atoms with E-state index < -0.39 is 0 Å². The van der Waals surface area contributed by atoms with Gasteiger partial charge in [0.15, 0.2) is 4.96 Å². The van der Waals surface area contributed by atoms with E-state index in [2.05, 4.69) is 4.98 Å². The molecule has 0 aliphatic carbocycles. The molecule has 0 bridgehead atoms. The van der Waals surface area contributed by atoms with Crippen LogP contribution in [0.1, 0.15) is 31.1 Å². The zero-order valence-electron chi connectivity index (χ0n) is 11.5. The average molecular weight is 279 g/mol. The zero-order chi connectivity index (χ0) is 14.2. The van der Waals surface area contributed by atoms with Crippen LogP contribution in [0.5, 0.6) is 0 Å². The lowest BCUT2D eigenvalue weighted by Crippen LogP contribution is -2.40. The molecule has 19 heavy (non-hydrogen) atoms. The molecule has 0 N–H and O–H groups in total. The molecule has 0 radical (unpaired) electrons. The number of amides is 1. The first-order valence-corrected chi connectivity index (χ1v) is 7.03. The summed E-state index contributed by atoms with van der Waals surface area (Å²) in [5, 5.41) is 1.78. The first-order chi connectivity index (χ1) is 8.93. The molecule has 2 rings (SSSR count). The predicted octanol–water partition coefficient (Wildman–Crippen LogP) is 1.87. The number of hydrogen-bond donors (Lipinski definition) is 0. The van der Waals surface area contributed by atoms with Crippen LogP contribution in [-0.4, -0.2) is 33.3 Å². The van der Waals surface area contributed by atoms with Crippen LogP contribution in [0.2, 0.25) is 0 Å². The Morgan fingerprint density at radius 3 is 2.74 bits per heavy atom. The second kappa shape index (κ2) is 5.13. The van der Waals surface area contributed by atoms with Gasteiger partial charge in [-0.2, -0.15) is 0 Å². The number of thiazole rings is 1. The van der Waals surface area contributed by atoms with E-state index in [0.717, 1.165) is 0 Å². The highest BCUT2D eigenvalue weighted by atomic mass is 32.1. The lowest BCUT2D eigenvalue weighted by Gasteiger charge is -2.27. The Hall–Kier alpha value is -1.69. The largest absolute Gasteiger partial charge is 0.339 e. The molecular weight excluding hydrogens is 262 g/mol. The van der Waals surface area contributed by atoms with Crippen molar-refractivity contribution in [3.05, 3.63) is 33.7 Å². The van der Waals surface area contributed by atoms with Crippen LogP contribution in [0.4, 0.5) is 0 Å². The van der Waals surface area contributed by atoms with Gasteiger partial charge in [-0.1, -0.05) is 13.8 Å². The van der Waals surface area contributed by atoms with Crippen molar-refractivity contribution in [2.75, 3.05) is 7.05 Å². The number of aromatic nitrogens is 2. The third kappa shape index (κ3) is 2.40. The fraction of sp³-hybridized carbons (Fsp3) is 0.462. The van der Waals surface area contributed by atoms with Gasteiger partial charge in [0.05, 0.1) is 0 Å². The molecule has 0 spiro atoms. The molecule has 5 nitrogen and oxygen atoms in total. The Morgan fingerprint density at radius 1 is 1.42 bits per heavy atom. The van der Waals surface area contributed by atoms with Crippen molar-refractivity contribution in [1.29, 1.82) is 0 Å². The maximum Gasteiger partial charge on any atom is 0.271 e. The van der Waals surface area contributed by atoms with Crippen LogP contribution in [0.25, 0.3) is 4.96 Å². The monoisotopic (exact) mass is 279 g/mol. The molecule has 0 fully saturated rings. The highest BCUT2D eigenvalue weighted by molar-refractivity contribution is 7.15. The zero-order valence-corrected chi connectivity index (χ0v) is 12.3. The summed E-state index contributed by atoms with van der Waals surface area (Å²) >= 11 is 1.37. The number of hydrogen-bond acceptors (Lipinski definition) is 4. The molecule has 0 saturated heterocycles. The van der Waals surface area contributed by atoms with E-state index in [1.54, 1.807) is 23.5 Å². The Bertz CT molecular complexity index is 659. The van der Waals surface area contributed by atoms with Gasteiger partial charge in [-0.3, -0.25) is 14.0 Å². The van der Waals surface area contributed by atoms with E-state index in [1.807, 2.05) is 20.8 Å². The van der Waals surface area contributed by atoms with Crippen molar-refractivity contribution >= 4 is 22.2 Å². The molecule has 2 aromatic rings. The molecule has 0 aliphatic rings. The minimum absolute atomic E-state index is 0.0649. The summed E-state index contributed by atoms with van der Waals surface area (Å²) in [5.74, 6) is 0.0499. The average Bonchev–Trinajstić information content (AvgIpc) is 2.85. The summed E-state index contributed by atoms with van der Waals surface area (Å²) in [4.78, 5) is 30.9. The van der Waals surface area contributed by atoms with Crippen molar-refractivity contribution in [3.8, 4) is 0 Å². The fourth-order valence-electron chi connectivity index (χ4n) is 1.79. The third-order valence-electron chi connectivity index (χ3n) is 3.47. The van der Waals surface area contributed by atoms with Gasteiger partial charge >= 0.3 is 0 Å². The third-order valence-corrected chi connectivity index (χ3v) is 4.24. The van der Waals surface area contributed by atoms with E-state index in [-0.39, 0.29) is 23.1 Å². The van der Waals surface area contributed by atoms with E-state index >= 15 is 0 Å². The van der Waals surface area contributed by atoms with Crippen molar-refractivity contribution in [3.63, 3.8) is 0 Å². The van der Waals surface area contributed by atoms with Gasteiger partial charge in [-0.15, -0.1) is 11.3 Å². The Balaban J connectivity index is 2.41. The minimum Gasteiger partial charge on any atom is -0.339 e. The second-order valence-electron chi connectivity index (χ2n) is 4.93. The van der Waals surface area contributed by atoms with Crippen LogP contribution in [0, 0.1) is 5.92 Å². The SMILES string of the molecule is CC(C)C(C)N(C)C(=O)c1cnc2sccn2c1=O. The van der Waals surface area contributed by atoms with Gasteiger partial charge in [0.1, 0.15) is 5.56 Å². The van der Waals surface area contributed by atoms with Crippen molar-refractivity contribution < 1.29 is 4.79 Å². The molecular formula is C13H17N3O2S. The highest BCUT2D eigenvalue weighted by Crippen LogP contribution is 2.12. The van der Waals surface area contributed by atoms with E-state index in [4.69, 9.17) is 0 Å². The van der Waals surface area contributed by atoms with Gasteiger partial charge in [0.25, 0.3) is 11.5 Å². The minimum atomic E-state index is -0.306. The normalized spacial score (nSPS) is 12.9. The summed E-state index contributed by atoms with van der Waals surface area (Å²) in [6.07, 6.45) is 3.01. The molecule has 0 aromatic carbocycles. The van der Waals surface area contributed by atoms with Gasteiger partial charge in [-0.25, -0.2) is 4.98 Å². The van der Waals surface area contributed by atoms with E-state index in [1.165, 1.54) is 21.9 Å². The van der Waals surface area contributed by atoms with Crippen LogP contribution in [-0.2, 0) is 0 Å². The number of fused-ring (bicyclic) bond motifs is 1. The van der Waals surface area contributed by atoms with Crippen LogP contribution >= 0.6 is 11.3 Å². The quantitative estimate of drug-likeness (QED) is 0.862. The summed E-state index contributed by atoms with van der Waals surface area (Å²) in [6.45, 7) is 6.06. The van der Waals surface area contributed by atoms with Gasteiger partial charge in [0, 0.05) is 30.9 Å². The van der Waals surface area contributed by atoms with Crippen LogP contribution in [0.15, 0.2) is 22.6 Å². The molecule has 1 amide bonds. The molecule has 102 valence electrons. The van der Waals surface area contributed by atoms with Gasteiger partial charge in [0.2, 0.25) is 0 Å². The number of carbonyl (C=O) groups is 1. The molecule has 1 atom stereocenters. The topological polar surface area (TPSA) is 54.7 Å². The first-order valence-electron chi connectivity index (χ1n) is 6.15. The molecule has 0 saturated carbocycles. The van der Waals surface area contributed by atoms with Crippen LogP contribution < -0.4 is 5.56 Å². The van der Waals surface area contributed by atoms with Crippen molar-refractivity contribution in [2.24, 2.45) is 5.92 Å². The number of rotatable bonds is 3. The highest BCUT2D eigenvalue weighted by Gasteiger charge is 2.23. The molecule has 0 aliphatic heterocycles. The summed E-state index contributed by atoms with van der Waals surface area (Å²) in [7, 11) is 1.72. The maximum atomic E-state index is 12.4. The fourth-order valence-corrected chi connectivity index (χ4v) is 2.47. The molecule has 2 aromatic heterocycles. The Labute approximate surface area is 115 Å². The van der Waals surface area contributed by atoms with E-state index in [0.29, 0.717) is 10.9 Å². The van der Waals surface area contributed by atoms with Gasteiger partial charge < -0.3 is 4.90 Å². The van der Waals surface area contributed by atoms with Crippen LogP contribution in [0.3, 0.4) is 0 Å². The standard InChI is InChI=1S/C13H17N3O2S/c1-8(2)9(3)15(4)11(17)10-7-14-13-16(12(10)18)5-6-19-13/h5-9H,1-4H3. The van der Waals surface area contributed by atoms with E-state index in [9.17, 15) is 9.59 Å². The van der Waals surface area contributed by atoms with Crippen molar-refractivity contribution in [2.45, 2.75) is 26.8 Å². The predicted molar refractivity (Wildman–Crippen MR) is 75.7 cm³/mol. The lowest BCUT2D eigenvalue weighted by atomic mass is 10.0. The van der Waals surface area contributed by atoms with Crippen molar-refractivity contribution in [1.82, 2.24) is 14.3 Å².